The van der Waals surface area contributed by atoms with Crippen LogP contribution in [0.3, 0.4) is 0 Å². The number of carboxylic acids is 1. The molecule has 46 heavy (non-hydrogen) atoms. The molecule has 0 aromatic heterocycles. The van der Waals surface area contributed by atoms with E-state index in [9.17, 15) is 35.9 Å². The third kappa shape index (κ3) is 13.8. The third-order valence-corrected chi connectivity index (χ3v) is 10.3. The second-order valence-electron chi connectivity index (χ2n) is 12.2. The van der Waals surface area contributed by atoms with Crippen molar-refractivity contribution in [2.45, 2.75) is 96.1 Å². The summed E-state index contributed by atoms with van der Waals surface area (Å²) < 4.78 is 75.0. The Labute approximate surface area is 270 Å². The van der Waals surface area contributed by atoms with Crippen molar-refractivity contribution in [1.82, 2.24) is 4.90 Å². The van der Waals surface area contributed by atoms with Crippen molar-refractivity contribution in [3.8, 4) is 5.75 Å². The van der Waals surface area contributed by atoms with E-state index in [1.54, 1.807) is 6.07 Å². The summed E-state index contributed by atoms with van der Waals surface area (Å²) in [5, 5.41) is 19.1. The van der Waals surface area contributed by atoms with E-state index in [-0.39, 0.29) is 23.7 Å². The predicted molar refractivity (Wildman–Crippen MR) is 174 cm³/mol. The number of phenolic OH excluding ortho intramolecular Hbond substituents is 1. The van der Waals surface area contributed by atoms with Gasteiger partial charge < -0.3 is 15.1 Å². The van der Waals surface area contributed by atoms with Gasteiger partial charge in [0.15, 0.2) is 0 Å². The van der Waals surface area contributed by atoms with Crippen LogP contribution in [0.15, 0.2) is 42.5 Å². The first-order valence-electron chi connectivity index (χ1n) is 16.3. The van der Waals surface area contributed by atoms with Gasteiger partial charge in [0.1, 0.15) is 21.4 Å². The topological polar surface area (TPSA) is 94.9 Å². The first kappa shape index (κ1) is 37.5. The fourth-order valence-electron chi connectivity index (χ4n) is 6.14. The molecule has 0 saturated carbocycles. The Balaban J connectivity index is 1.51. The molecule has 0 aliphatic heterocycles. The second-order valence-corrected chi connectivity index (χ2v) is 14.5. The van der Waals surface area contributed by atoms with Gasteiger partial charge in [0.25, 0.3) is 0 Å². The van der Waals surface area contributed by atoms with Crippen molar-refractivity contribution in [3.05, 3.63) is 65.0 Å². The van der Waals surface area contributed by atoms with Crippen molar-refractivity contribution < 1.29 is 41.0 Å². The third-order valence-electron chi connectivity index (χ3n) is 8.46. The summed E-state index contributed by atoms with van der Waals surface area (Å²) in [7, 11) is -3.54. The maximum absolute atomic E-state index is 13.7. The van der Waals surface area contributed by atoms with Gasteiger partial charge >= 0.3 is 12.1 Å². The number of carbonyl (C=O) groups is 1. The number of hydrogen-bond acceptors (Lipinski definition) is 5. The van der Waals surface area contributed by atoms with Crippen LogP contribution in [-0.2, 0) is 21.1 Å². The lowest BCUT2D eigenvalue weighted by Crippen LogP contribution is -2.28. The molecule has 2 aromatic carbocycles. The highest BCUT2D eigenvalue weighted by Crippen LogP contribution is 2.39. The number of alkyl halides is 3. The molecule has 2 N–H and O–H groups in total. The standard InChI is InChI=1S/C35H47F4NO5S/c36-29-16-14-27(15-17-29)31-12-7-10-28-26-30(41)18-19-32(28)33(31)11-3-1-2-4-21-40(23-8-13-34(42)43)22-5-6-24-46(44,45)25-9-20-35(37,38)39/h14-19,26,41H,1-13,20-25H2,(H,42,43). The molecule has 0 unspecified atom stereocenters. The van der Waals surface area contributed by atoms with Crippen molar-refractivity contribution in [3.63, 3.8) is 0 Å². The Bertz CT molecular complexity index is 1390. The first-order chi connectivity index (χ1) is 21.8. The molecule has 1 aliphatic carbocycles. The first-order valence-corrected chi connectivity index (χ1v) is 18.2. The number of allylic oxidation sites excluding steroid dienone is 2. The zero-order valence-electron chi connectivity index (χ0n) is 26.5. The number of nitrogens with zero attached hydrogens (tertiary/aromatic N) is 1. The number of unbranched alkanes of at least 4 members (excludes halogenated alkanes) is 4. The van der Waals surface area contributed by atoms with Crippen LogP contribution in [0, 0.1) is 5.82 Å². The highest BCUT2D eigenvalue weighted by atomic mass is 32.2. The summed E-state index contributed by atoms with van der Waals surface area (Å²) >= 11 is 0. The number of phenols is 1. The summed E-state index contributed by atoms with van der Waals surface area (Å²) in [5.41, 5.74) is 5.74. The molecule has 3 rings (SSSR count). The minimum absolute atomic E-state index is 0.0504. The zero-order valence-corrected chi connectivity index (χ0v) is 27.3. The lowest BCUT2D eigenvalue weighted by Gasteiger charge is -2.22. The smallest absolute Gasteiger partial charge is 0.389 e. The average molecular weight is 670 g/mol. The Morgan fingerprint density at radius 1 is 0.826 bits per heavy atom. The van der Waals surface area contributed by atoms with Gasteiger partial charge in [-0.25, -0.2) is 12.8 Å². The van der Waals surface area contributed by atoms with Crippen LogP contribution < -0.4 is 0 Å². The van der Waals surface area contributed by atoms with Gasteiger partial charge in [-0.3, -0.25) is 4.79 Å². The van der Waals surface area contributed by atoms with Gasteiger partial charge in [-0.2, -0.15) is 13.2 Å². The number of sulfone groups is 1. The summed E-state index contributed by atoms with van der Waals surface area (Å²) in [6.07, 6.45) is 2.89. The molecule has 0 amide bonds. The van der Waals surface area contributed by atoms with E-state index in [2.05, 4.69) is 4.90 Å². The molecular weight excluding hydrogens is 622 g/mol. The number of hydrogen-bond donors (Lipinski definition) is 2. The molecule has 2 aromatic rings. The minimum atomic E-state index is -4.36. The van der Waals surface area contributed by atoms with E-state index in [1.165, 1.54) is 23.3 Å². The fraction of sp³-hybridized carbons (Fsp3) is 0.571. The van der Waals surface area contributed by atoms with Crippen LogP contribution >= 0.6 is 0 Å². The maximum Gasteiger partial charge on any atom is 0.389 e. The van der Waals surface area contributed by atoms with Gasteiger partial charge in [0.2, 0.25) is 0 Å². The number of aromatic hydroxyl groups is 1. The quantitative estimate of drug-likeness (QED) is 0.109. The zero-order chi connectivity index (χ0) is 33.6. The summed E-state index contributed by atoms with van der Waals surface area (Å²) in [5.74, 6) is -1.50. The number of aryl methyl sites for hydroxylation is 1. The number of benzene rings is 2. The van der Waals surface area contributed by atoms with Crippen molar-refractivity contribution in [1.29, 1.82) is 0 Å². The molecule has 256 valence electrons. The second kappa shape index (κ2) is 18.4. The number of aliphatic carboxylic acids is 1. The fourth-order valence-corrected chi connectivity index (χ4v) is 7.57. The lowest BCUT2D eigenvalue weighted by atomic mass is 9.89. The van der Waals surface area contributed by atoms with Crippen LogP contribution in [0.25, 0.3) is 11.1 Å². The summed E-state index contributed by atoms with van der Waals surface area (Å²) in [6, 6.07) is 12.2. The molecule has 6 nitrogen and oxygen atoms in total. The van der Waals surface area contributed by atoms with Crippen LogP contribution in [-0.4, -0.2) is 66.8 Å². The number of carboxylic acid groups (broad SMARTS) is 1. The minimum Gasteiger partial charge on any atom is -0.508 e. The summed E-state index contributed by atoms with van der Waals surface area (Å²) in [4.78, 5) is 13.2. The molecule has 0 spiro atoms. The molecule has 0 radical (unpaired) electrons. The van der Waals surface area contributed by atoms with E-state index >= 15 is 0 Å². The Morgan fingerprint density at radius 2 is 1.48 bits per heavy atom. The van der Waals surface area contributed by atoms with Crippen molar-refractivity contribution >= 4 is 27.0 Å². The van der Waals surface area contributed by atoms with E-state index in [0.717, 1.165) is 74.6 Å². The summed E-state index contributed by atoms with van der Waals surface area (Å²) in [6.45, 7) is 1.95. The molecule has 0 heterocycles. The van der Waals surface area contributed by atoms with Gasteiger partial charge in [-0.15, -0.1) is 0 Å². The van der Waals surface area contributed by atoms with Gasteiger partial charge in [0.05, 0.1) is 11.5 Å². The van der Waals surface area contributed by atoms with Crippen LogP contribution in [0.1, 0.15) is 100 Å². The van der Waals surface area contributed by atoms with Gasteiger partial charge in [-0.05, 0) is 136 Å². The molecule has 0 atom stereocenters. The van der Waals surface area contributed by atoms with Crippen LogP contribution in [0.5, 0.6) is 5.75 Å². The Hall–Kier alpha value is -2.92. The monoisotopic (exact) mass is 669 g/mol. The highest BCUT2D eigenvalue weighted by molar-refractivity contribution is 7.91. The average Bonchev–Trinajstić information content (AvgIpc) is 3.15. The lowest BCUT2D eigenvalue weighted by molar-refractivity contribution is -0.137. The molecule has 0 saturated heterocycles. The Morgan fingerprint density at radius 3 is 2.17 bits per heavy atom. The predicted octanol–water partition coefficient (Wildman–Crippen LogP) is 8.43. The number of rotatable bonds is 20. The Kier molecular flexibility index (Phi) is 15.0. The van der Waals surface area contributed by atoms with E-state index in [1.807, 2.05) is 24.3 Å². The largest absolute Gasteiger partial charge is 0.508 e. The SMILES string of the molecule is O=C(O)CCCN(CCCCCCC1=C(c2ccc(F)cc2)CCCc2cc(O)ccc21)CCCCS(=O)(=O)CCCC(F)(F)F. The maximum atomic E-state index is 13.7. The van der Waals surface area contributed by atoms with Gasteiger partial charge in [0, 0.05) is 12.8 Å². The van der Waals surface area contributed by atoms with Crippen molar-refractivity contribution in [2.75, 3.05) is 31.1 Å². The number of halogens is 4. The van der Waals surface area contributed by atoms with E-state index < -0.39 is 40.6 Å². The normalized spacial score (nSPS) is 14.0. The van der Waals surface area contributed by atoms with E-state index in [4.69, 9.17) is 5.11 Å². The highest BCUT2D eigenvalue weighted by Gasteiger charge is 2.27. The van der Waals surface area contributed by atoms with Crippen molar-refractivity contribution in [2.24, 2.45) is 0 Å². The molecule has 11 heteroatoms. The molecule has 0 fully saturated rings. The van der Waals surface area contributed by atoms with Gasteiger partial charge in [-0.1, -0.05) is 31.0 Å². The number of fused-ring (bicyclic) bond motifs is 1. The van der Waals surface area contributed by atoms with E-state index in [0.29, 0.717) is 32.4 Å². The van der Waals surface area contributed by atoms with Crippen LogP contribution in [0.4, 0.5) is 17.6 Å². The molecule has 0 bridgehead atoms. The molecular formula is C35H47F4NO5S. The molecule has 1 aliphatic rings. The van der Waals surface area contributed by atoms with Crippen LogP contribution in [0.2, 0.25) is 0 Å².